The van der Waals surface area contributed by atoms with Crippen molar-refractivity contribution in [2.24, 2.45) is 5.41 Å². The SMILES string of the molecule is CCC1NCCC12CCN(C(C)C)C2. The molecule has 14 heavy (non-hydrogen) atoms. The molecule has 2 heteroatoms. The number of hydrogen-bond acceptors (Lipinski definition) is 2. The molecule has 0 bridgehead atoms. The Bertz CT molecular complexity index is 202. The van der Waals surface area contributed by atoms with Gasteiger partial charge in [-0.2, -0.15) is 0 Å². The van der Waals surface area contributed by atoms with Crippen molar-refractivity contribution in [3.63, 3.8) is 0 Å². The van der Waals surface area contributed by atoms with Crippen LogP contribution in [0, 0.1) is 5.41 Å². The van der Waals surface area contributed by atoms with Crippen molar-refractivity contribution in [1.29, 1.82) is 0 Å². The van der Waals surface area contributed by atoms with Crippen molar-refractivity contribution in [3.8, 4) is 0 Å². The average Bonchev–Trinajstić information content (AvgIpc) is 2.74. The smallest absolute Gasteiger partial charge is 0.0134 e. The molecule has 82 valence electrons. The molecule has 0 radical (unpaired) electrons. The Morgan fingerprint density at radius 2 is 2.21 bits per heavy atom. The van der Waals surface area contributed by atoms with E-state index in [0.717, 1.165) is 12.1 Å². The van der Waals surface area contributed by atoms with Gasteiger partial charge < -0.3 is 10.2 Å². The van der Waals surface area contributed by atoms with E-state index in [-0.39, 0.29) is 0 Å². The highest BCUT2D eigenvalue weighted by atomic mass is 15.2. The maximum Gasteiger partial charge on any atom is 0.0134 e. The van der Waals surface area contributed by atoms with Crippen LogP contribution < -0.4 is 5.32 Å². The van der Waals surface area contributed by atoms with Gasteiger partial charge >= 0.3 is 0 Å². The van der Waals surface area contributed by atoms with Gasteiger partial charge in [0.05, 0.1) is 0 Å². The molecule has 0 saturated carbocycles. The van der Waals surface area contributed by atoms with Gasteiger partial charge in [0.1, 0.15) is 0 Å². The van der Waals surface area contributed by atoms with E-state index in [1.807, 2.05) is 0 Å². The fourth-order valence-corrected chi connectivity index (χ4v) is 3.32. The zero-order valence-corrected chi connectivity index (χ0v) is 9.84. The minimum atomic E-state index is 0.624. The summed E-state index contributed by atoms with van der Waals surface area (Å²) in [7, 11) is 0. The second kappa shape index (κ2) is 3.82. The van der Waals surface area contributed by atoms with E-state index in [4.69, 9.17) is 0 Å². The zero-order valence-electron chi connectivity index (χ0n) is 9.84. The molecule has 2 aliphatic rings. The summed E-state index contributed by atoms with van der Waals surface area (Å²) in [5, 5.41) is 3.67. The van der Waals surface area contributed by atoms with E-state index >= 15 is 0 Å². The predicted molar refractivity (Wildman–Crippen MR) is 60.5 cm³/mol. The average molecular weight is 196 g/mol. The third-order valence-electron chi connectivity index (χ3n) is 4.31. The van der Waals surface area contributed by atoms with Gasteiger partial charge in [0.2, 0.25) is 0 Å². The molecule has 0 aromatic heterocycles. The van der Waals surface area contributed by atoms with E-state index in [1.54, 1.807) is 0 Å². The highest BCUT2D eigenvalue weighted by Gasteiger charge is 2.46. The van der Waals surface area contributed by atoms with Gasteiger partial charge in [-0.3, -0.25) is 0 Å². The number of likely N-dealkylation sites (tertiary alicyclic amines) is 1. The predicted octanol–water partition coefficient (Wildman–Crippen LogP) is 1.86. The molecule has 1 spiro atoms. The minimum Gasteiger partial charge on any atom is -0.313 e. The van der Waals surface area contributed by atoms with Crippen molar-refractivity contribution in [3.05, 3.63) is 0 Å². The maximum absolute atomic E-state index is 3.67. The molecule has 0 aromatic carbocycles. The Morgan fingerprint density at radius 3 is 2.79 bits per heavy atom. The van der Waals surface area contributed by atoms with Gasteiger partial charge in [0, 0.05) is 24.0 Å². The molecule has 2 saturated heterocycles. The monoisotopic (exact) mass is 196 g/mol. The number of rotatable bonds is 2. The first-order valence-corrected chi connectivity index (χ1v) is 6.15. The molecule has 2 unspecified atom stereocenters. The maximum atomic E-state index is 3.67. The van der Waals surface area contributed by atoms with Crippen LogP contribution in [0.3, 0.4) is 0 Å². The van der Waals surface area contributed by atoms with Crippen LogP contribution in [-0.4, -0.2) is 36.6 Å². The third kappa shape index (κ3) is 1.59. The van der Waals surface area contributed by atoms with Crippen LogP contribution in [0.25, 0.3) is 0 Å². The van der Waals surface area contributed by atoms with E-state index in [0.29, 0.717) is 5.41 Å². The van der Waals surface area contributed by atoms with Gasteiger partial charge in [0.15, 0.2) is 0 Å². The first kappa shape index (κ1) is 10.4. The molecule has 0 aliphatic carbocycles. The van der Waals surface area contributed by atoms with E-state index < -0.39 is 0 Å². The standard InChI is InChI=1S/C12H24N2/c1-4-11-12(5-7-13-11)6-8-14(9-12)10(2)3/h10-11,13H,4-9H2,1-3H3. The van der Waals surface area contributed by atoms with Crippen molar-refractivity contribution in [2.75, 3.05) is 19.6 Å². The van der Waals surface area contributed by atoms with E-state index in [9.17, 15) is 0 Å². The lowest BCUT2D eigenvalue weighted by Crippen LogP contribution is -2.39. The summed E-state index contributed by atoms with van der Waals surface area (Å²) in [5.41, 5.74) is 0.624. The first-order chi connectivity index (χ1) is 6.68. The Morgan fingerprint density at radius 1 is 1.43 bits per heavy atom. The largest absolute Gasteiger partial charge is 0.313 e. The third-order valence-corrected chi connectivity index (χ3v) is 4.31. The molecule has 2 heterocycles. The Hall–Kier alpha value is -0.0800. The molecule has 0 amide bonds. The summed E-state index contributed by atoms with van der Waals surface area (Å²) in [4.78, 5) is 2.65. The van der Waals surface area contributed by atoms with Crippen molar-refractivity contribution >= 4 is 0 Å². The molecular formula is C12H24N2. The van der Waals surface area contributed by atoms with Crippen LogP contribution in [0.5, 0.6) is 0 Å². The van der Waals surface area contributed by atoms with Gasteiger partial charge in [-0.05, 0) is 46.2 Å². The summed E-state index contributed by atoms with van der Waals surface area (Å²) in [6.45, 7) is 10.9. The normalized spacial score (nSPS) is 39.0. The van der Waals surface area contributed by atoms with Crippen LogP contribution >= 0.6 is 0 Å². The van der Waals surface area contributed by atoms with Crippen molar-refractivity contribution < 1.29 is 0 Å². The van der Waals surface area contributed by atoms with E-state index in [2.05, 4.69) is 31.0 Å². The van der Waals surface area contributed by atoms with Crippen LogP contribution in [0.15, 0.2) is 0 Å². The van der Waals surface area contributed by atoms with Gasteiger partial charge in [-0.15, -0.1) is 0 Å². The van der Waals surface area contributed by atoms with E-state index in [1.165, 1.54) is 38.9 Å². The molecular weight excluding hydrogens is 172 g/mol. The highest BCUT2D eigenvalue weighted by Crippen LogP contribution is 2.42. The number of hydrogen-bond donors (Lipinski definition) is 1. The fourth-order valence-electron chi connectivity index (χ4n) is 3.32. The van der Waals surface area contributed by atoms with Gasteiger partial charge in [-0.1, -0.05) is 6.92 Å². The van der Waals surface area contributed by atoms with Crippen LogP contribution in [0.2, 0.25) is 0 Å². The fraction of sp³-hybridized carbons (Fsp3) is 1.00. The molecule has 2 aliphatic heterocycles. The molecule has 2 rings (SSSR count). The summed E-state index contributed by atoms with van der Waals surface area (Å²) in [6, 6.07) is 1.51. The van der Waals surface area contributed by atoms with Gasteiger partial charge in [-0.25, -0.2) is 0 Å². The Balaban J connectivity index is 2.04. The summed E-state index contributed by atoms with van der Waals surface area (Å²) in [5.74, 6) is 0. The quantitative estimate of drug-likeness (QED) is 0.725. The van der Waals surface area contributed by atoms with Crippen LogP contribution in [-0.2, 0) is 0 Å². The number of nitrogens with one attached hydrogen (secondary N) is 1. The minimum absolute atomic E-state index is 0.624. The highest BCUT2D eigenvalue weighted by molar-refractivity contribution is 5.02. The zero-order chi connectivity index (χ0) is 10.2. The summed E-state index contributed by atoms with van der Waals surface area (Å²) >= 11 is 0. The molecule has 2 nitrogen and oxygen atoms in total. The second-order valence-corrected chi connectivity index (χ2v) is 5.34. The van der Waals surface area contributed by atoms with Crippen molar-refractivity contribution in [1.82, 2.24) is 10.2 Å². The van der Waals surface area contributed by atoms with Gasteiger partial charge in [0.25, 0.3) is 0 Å². The van der Waals surface area contributed by atoms with Crippen LogP contribution in [0.1, 0.15) is 40.0 Å². The first-order valence-electron chi connectivity index (χ1n) is 6.15. The lowest BCUT2D eigenvalue weighted by molar-refractivity contribution is 0.202. The Kier molecular flexibility index (Phi) is 2.85. The van der Waals surface area contributed by atoms with Crippen molar-refractivity contribution in [2.45, 2.75) is 52.1 Å². The lowest BCUT2D eigenvalue weighted by atomic mass is 9.78. The number of nitrogens with zero attached hydrogens (tertiary/aromatic N) is 1. The summed E-state index contributed by atoms with van der Waals surface area (Å²) in [6.07, 6.45) is 4.11. The molecule has 2 atom stereocenters. The topological polar surface area (TPSA) is 15.3 Å². The second-order valence-electron chi connectivity index (χ2n) is 5.34. The Labute approximate surface area is 88.1 Å². The summed E-state index contributed by atoms with van der Waals surface area (Å²) < 4.78 is 0. The molecule has 0 aromatic rings. The lowest BCUT2D eigenvalue weighted by Gasteiger charge is -2.31. The molecule has 1 N–H and O–H groups in total. The molecule has 2 fully saturated rings. The van der Waals surface area contributed by atoms with Crippen LogP contribution in [0.4, 0.5) is 0 Å².